The van der Waals surface area contributed by atoms with Gasteiger partial charge >= 0.3 is 12.8 Å². The Labute approximate surface area is 205 Å². The Morgan fingerprint density at radius 3 is 2.49 bits per heavy atom. The minimum absolute atomic E-state index is 0.0306. The van der Waals surface area contributed by atoms with E-state index in [-0.39, 0.29) is 34.0 Å². The van der Waals surface area contributed by atoms with Crippen LogP contribution in [0.4, 0.5) is 22.0 Å². The molecule has 0 radical (unpaired) electrons. The Balaban J connectivity index is 1.91. The molecule has 37 heavy (non-hydrogen) atoms. The average molecular weight is 519 g/mol. The number of aromatic nitrogens is 3. The van der Waals surface area contributed by atoms with Crippen LogP contribution in [0.3, 0.4) is 0 Å². The lowest BCUT2D eigenvalue weighted by atomic mass is 9.99. The largest absolute Gasteiger partial charge is 0.468 e. The van der Waals surface area contributed by atoms with Gasteiger partial charge in [0.2, 0.25) is 5.88 Å². The number of nitrogens with zero attached hydrogens (tertiary/aromatic N) is 3. The van der Waals surface area contributed by atoms with Crippen molar-refractivity contribution in [3.05, 3.63) is 82.4 Å². The maximum absolute atomic E-state index is 13.6. The third-order valence-electron chi connectivity index (χ3n) is 5.01. The minimum atomic E-state index is -4.61. The number of rotatable bonds is 7. The highest BCUT2D eigenvalue weighted by atomic mass is 19.4. The molecule has 8 nitrogen and oxygen atoms in total. The molecule has 0 atom stereocenters. The number of ether oxygens (including phenoxy) is 2. The van der Waals surface area contributed by atoms with Gasteiger partial charge in [-0.2, -0.15) is 26.9 Å². The predicted octanol–water partition coefficient (Wildman–Crippen LogP) is 4.40. The predicted molar refractivity (Wildman–Crippen MR) is 125 cm³/mol. The van der Waals surface area contributed by atoms with Crippen molar-refractivity contribution in [2.24, 2.45) is 0 Å². The first-order chi connectivity index (χ1) is 17.6. The molecule has 13 heteroatoms. The molecule has 0 saturated carbocycles. The number of allylic oxidation sites excluding steroid dienone is 5. The molecular weight excluding hydrogens is 501 g/mol. The summed E-state index contributed by atoms with van der Waals surface area (Å²) in [5.74, 6) is -0.555. The molecule has 2 N–H and O–H groups in total. The fourth-order valence-electron chi connectivity index (χ4n) is 3.47. The lowest BCUT2D eigenvalue weighted by Crippen LogP contribution is -2.25. The van der Waals surface area contributed by atoms with Crippen molar-refractivity contribution in [2.75, 3.05) is 13.7 Å². The summed E-state index contributed by atoms with van der Waals surface area (Å²) < 4.78 is 73.2. The van der Waals surface area contributed by atoms with Gasteiger partial charge in [-0.15, -0.1) is 0 Å². The van der Waals surface area contributed by atoms with Crippen molar-refractivity contribution >= 4 is 22.4 Å². The molecule has 2 heterocycles. The molecular formula is C24H18F5N5O3. The molecule has 192 valence electrons. The highest BCUT2D eigenvalue weighted by molar-refractivity contribution is 6.12. The lowest BCUT2D eigenvalue weighted by molar-refractivity contribution is -0.154. The van der Waals surface area contributed by atoms with Crippen molar-refractivity contribution in [3.63, 3.8) is 0 Å². The van der Waals surface area contributed by atoms with E-state index in [1.807, 2.05) is 0 Å². The number of benzene rings is 1. The molecule has 1 aliphatic carbocycles. The standard InChI is InChI=1S/C24H18F5N5O3/c1-31-11-14-10-13(2-7-17(14)30)20-22(35)34(15-3-5-16(6-4-15)37-23(25)26)21-18(32-20)8-9-19(33-21)36-12-24(27,28)29/h2-11,23,30-31H,12H2,1H3/b14-11-,30-17?. The molecule has 1 aliphatic rings. The van der Waals surface area contributed by atoms with E-state index in [0.717, 1.165) is 4.57 Å². The number of pyridine rings is 1. The van der Waals surface area contributed by atoms with E-state index in [0.29, 0.717) is 11.1 Å². The Bertz CT molecular complexity index is 1490. The lowest BCUT2D eigenvalue weighted by Gasteiger charge is -2.16. The summed E-state index contributed by atoms with van der Waals surface area (Å²) >= 11 is 0. The highest BCUT2D eigenvalue weighted by Gasteiger charge is 2.29. The second-order valence-electron chi connectivity index (χ2n) is 7.60. The third-order valence-corrected chi connectivity index (χ3v) is 5.01. The molecule has 0 unspecified atom stereocenters. The summed E-state index contributed by atoms with van der Waals surface area (Å²) in [5.41, 5.74) is 0.525. The molecule has 0 aliphatic heterocycles. The van der Waals surface area contributed by atoms with Crippen LogP contribution in [0.15, 0.2) is 71.2 Å². The third kappa shape index (κ3) is 5.82. The average Bonchev–Trinajstić information content (AvgIpc) is 2.84. The van der Waals surface area contributed by atoms with Gasteiger partial charge in [-0.1, -0.05) is 6.08 Å². The van der Waals surface area contributed by atoms with Crippen molar-refractivity contribution < 1.29 is 31.4 Å². The summed E-state index contributed by atoms with van der Waals surface area (Å²) in [4.78, 5) is 22.1. The summed E-state index contributed by atoms with van der Waals surface area (Å²) in [6.45, 7) is -4.65. The Morgan fingerprint density at radius 2 is 1.84 bits per heavy atom. The van der Waals surface area contributed by atoms with E-state index in [2.05, 4.69) is 20.0 Å². The van der Waals surface area contributed by atoms with Crippen LogP contribution < -0.4 is 20.3 Å². The van der Waals surface area contributed by atoms with E-state index >= 15 is 0 Å². The molecule has 3 aromatic rings. The van der Waals surface area contributed by atoms with Gasteiger partial charge in [-0.05, 0) is 42.5 Å². The van der Waals surface area contributed by atoms with Gasteiger partial charge in [0.15, 0.2) is 12.3 Å². The second-order valence-corrected chi connectivity index (χ2v) is 7.60. The zero-order valence-corrected chi connectivity index (χ0v) is 19.0. The first-order valence-corrected chi connectivity index (χ1v) is 10.6. The number of fused-ring (bicyclic) bond motifs is 1. The van der Waals surface area contributed by atoms with Crippen LogP contribution in [0.5, 0.6) is 11.6 Å². The number of hydrogen-bond donors (Lipinski definition) is 2. The molecule has 2 aromatic heterocycles. The maximum Gasteiger partial charge on any atom is 0.422 e. The van der Waals surface area contributed by atoms with E-state index in [1.165, 1.54) is 48.6 Å². The van der Waals surface area contributed by atoms with Gasteiger partial charge in [0, 0.05) is 30.5 Å². The second kappa shape index (κ2) is 10.2. The van der Waals surface area contributed by atoms with Gasteiger partial charge in [0.25, 0.3) is 5.56 Å². The SMILES string of the molecule is CN/C=C1/C=C(c2nc3ccc(OCC(F)(F)F)nc3n(-c3ccc(OC(F)F)cc3)c2=O)C=CC1=N. The molecule has 0 spiro atoms. The van der Waals surface area contributed by atoms with Crippen molar-refractivity contribution in [2.45, 2.75) is 12.8 Å². The topological polar surface area (TPSA) is 102 Å². The minimum Gasteiger partial charge on any atom is -0.468 e. The monoisotopic (exact) mass is 519 g/mol. The van der Waals surface area contributed by atoms with Crippen LogP contribution >= 0.6 is 0 Å². The highest BCUT2D eigenvalue weighted by Crippen LogP contribution is 2.25. The molecule has 1 aromatic carbocycles. The molecule has 4 rings (SSSR count). The quantitative estimate of drug-likeness (QED) is 0.449. The molecule has 0 fully saturated rings. The normalized spacial score (nSPS) is 14.8. The van der Waals surface area contributed by atoms with Crippen LogP contribution in [0.25, 0.3) is 22.4 Å². The van der Waals surface area contributed by atoms with Crippen LogP contribution in [0, 0.1) is 5.41 Å². The number of hydrogen-bond acceptors (Lipinski definition) is 7. The molecule has 0 saturated heterocycles. The number of alkyl halides is 5. The number of halogens is 5. The van der Waals surface area contributed by atoms with Gasteiger partial charge in [0.05, 0.1) is 11.4 Å². The van der Waals surface area contributed by atoms with Gasteiger partial charge in [-0.25, -0.2) is 4.98 Å². The van der Waals surface area contributed by atoms with Gasteiger partial charge in [0.1, 0.15) is 17.0 Å². The zero-order valence-electron chi connectivity index (χ0n) is 19.0. The van der Waals surface area contributed by atoms with Crippen LogP contribution in [-0.4, -0.2) is 46.7 Å². The molecule has 0 bridgehead atoms. The Hall–Kier alpha value is -4.55. The van der Waals surface area contributed by atoms with Crippen LogP contribution in [0.2, 0.25) is 0 Å². The Morgan fingerprint density at radius 1 is 1.11 bits per heavy atom. The van der Waals surface area contributed by atoms with Crippen molar-refractivity contribution in [3.8, 4) is 17.3 Å². The van der Waals surface area contributed by atoms with E-state index < -0.39 is 30.8 Å². The fraction of sp³-hybridized carbons (Fsp3) is 0.167. The fourth-order valence-corrected chi connectivity index (χ4v) is 3.47. The first kappa shape index (κ1) is 25.5. The van der Waals surface area contributed by atoms with E-state index in [9.17, 15) is 26.7 Å². The summed E-state index contributed by atoms with van der Waals surface area (Å²) in [6.07, 6.45) is 1.55. The van der Waals surface area contributed by atoms with Crippen molar-refractivity contribution in [1.82, 2.24) is 19.9 Å². The Kier molecular flexibility index (Phi) is 7.05. The summed E-state index contributed by atoms with van der Waals surface area (Å²) in [7, 11) is 1.65. The van der Waals surface area contributed by atoms with E-state index in [1.54, 1.807) is 19.3 Å². The van der Waals surface area contributed by atoms with Gasteiger partial charge < -0.3 is 20.2 Å². The number of nitrogens with one attached hydrogen (secondary N) is 2. The first-order valence-electron chi connectivity index (χ1n) is 10.6. The maximum atomic E-state index is 13.6. The van der Waals surface area contributed by atoms with Crippen LogP contribution in [0.1, 0.15) is 5.69 Å². The summed E-state index contributed by atoms with van der Waals surface area (Å²) in [5, 5.41) is 10.8. The zero-order chi connectivity index (χ0) is 26.7. The van der Waals surface area contributed by atoms with Gasteiger partial charge in [-0.3, -0.25) is 9.36 Å². The van der Waals surface area contributed by atoms with Crippen molar-refractivity contribution in [1.29, 1.82) is 5.41 Å². The smallest absolute Gasteiger partial charge is 0.422 e. The van der Waals surface area contributed by atoms with E-state index in [4.69, 9.17) is 10.1 Å². The summed E-state index contributed by atoms with van der Waals surface area (Å²) in [6, 6.07) is 7.59. The molecule has 0 amide bonds. The van der Waals surface area contributed by atoms with Crippen LogP contribution in [-0.2, 0) is 0 Å².